The molecule has 1 unspecified atom stereocenters. The molecule has 0 bridgehead atoms. The van der Waals surface area contributed by atoms with Crippen LogP contribution in [0.5, 0.6) is 5.75 Å². The van der Waals surface area contributed by atoms with E-state index in [1.165, 1.54) is 0 Å². The van der Waals surface area contributed by atoms with Crippen LogP contribution in [-0.4, -0.2) is 43.3 Å². The summed E-state index contributed by atoms with van der Waals surface area (Å²) in [5.74, 6) is 0.809. The number of ether oxygens (including phenoxy) is 2. The molecule has 1 aliphatic heterocycles. The summed E-state index contributed by atoms with van der Waals surface area (Å²) in [5, 5.41) is 11.8. The van der Waals surface area contributed by atoms with E-state index in [1.807, 2.05) is 31.2 Å². The maximum Gasteiger partial charge on any atom is 0.317 e. The number of aryl methyl sites for hydroxylation is 1. The first kappa shape index (κ1) is 17.1. The maximum absolute atomic E-state index is 12.2. The van der Waals surface area contributed by atoms with Crippen LogP contribution in [0.4, 0.5) is 4.79 Å². The number of morpholine rings is 1. The molecule has 1 aromatic rings. The van der Waals surface area contributed by atoms with Crippen molar-refractivity contribution in [3.63, 3.8) is 0 Å². The van der Waals surface area contributed by atoms with Crippen LogP contribution in [0.1, 0.15) is 24.5 Å². The summed E-state index contributed by atoms with van der Waals surface area (Å²) < 4.78 is 11.0. The van der Waals surface area contributed by atoms with E-state index in [0.717, 1.165) is 23.3 Å². The third-order valence-electron chi connectivity index (χ3n) is 3.61. The minimum Gasteiger partial charge on any atom is -0.493 e. The zero-order valence-corrected chi connectivity index (χ0v) is 13.7. The van der Waals surface area contributed by atoms with Crippen molar-refractivity contribution in [3.05, 3.63) is 29.3 Å². The number of nitriles is 1. The monoisotopic (exact) mass is 317 g/mol. The zero-order chi connectivity index (χ0) is 16.7. The van der Waals surface area contributed by atoms with Crippen LogP contribution >= 0.6 is 0 Å². The number of nitrogens with one attached hydrogen (secondary N) is 1. The Morgan fingerprint density at radius 3 is 3.13 bits per heavy atom. The standard InChI is InChI=1S/C17H23N3O3/c1-3-7-23-16-9-13(2)4-5-14(16)11-19-17(21)20-6-8-22-15(10-18)12-20/h4-5,9,15H,3,6-8,11-12H2,1-2H3,(H,19,21). The van der Waals surface area contributed by atoms with Crippen LogP contribution in [0.3, 0.4) is 0 Å². The Balaban J connectivity index is 1.94. The number of nitrogens with zero attached hydrogens (tertiary/aromatic N) is 2. The lowest BCUT2D eigenvalue weighted by molar-refractivity contribution is 0.0157. The molecule has 1 heterocycles. The van der Waals surface area contributed by atoms with Gasteiger partial charge in [0.1, 0.15) is 5.75 Å². The topological polar surface area (TPSA) is 74.6 Å². The van der Waals surface area contributed by atoms with Gasteiger partial charge in [0, 0.05) is 18.7 Å². The Morgan fingerprint density at radius 2 is 2.39 bits per heavy atom. The number of hydrogen-bond donors (Lipinski definition) is 1. The SMILES string of the molecule is CCCOc1cc(C)ccc1CNC(=O)N1CCOC(C#N)C1. The summed E-state index contributed by atoms with van der Waals surface area (Å²) in [6.07, 6.45) is 0.389. The Morgan fingerprint density at radius 1 is 1.57 bits per heavy atom. The molecule has 23 heavy (non-hydrogen) atoms. The predicted molar refractivity (Wildman–Crippen MR) is 86.1 cm³/mol. The van der Waals surface area contributed by atoms with Gasteiger partial charge in [-0.25, -0.2) is 4.79 Å². The van der Waals surface area contributed by atoms with Crippen molar-refractivity contribution in [1.29, 1.82) is 5.26 Å². The average molecular weight is 317 g/mol. The number of amides is 2. The van der Waals surface area contributed by atoms with Gasteiger partial charge >= 0.3 is 6.03 Å². The van der Waals surface area contributed by atoms with Crippen molar-refractivity contribution in [1.82, 2.24) is 10.2 Å². The highest BCUT2D eigenvalue weighted by molar-refractivity contribution is 5.74. The van der Waals surface area contributed by atoms with Crippen LogP contribution in [0, 0.1) is 18.3 Å². The van der Waals surface area contributed by atoms with E-state index >= 15 is 0 Å². The molecule has 1 aromatic carbocycles. The van der Waals surface area contributed by atoms with Gasteiger partial charge < -0.3 is 19.7 Å². The fraction of sp³-hybridized carbons (Fsp3) is 0.529. The van der Waals surface area contributed by atoms with E-state index in [9.17, 15) is 4.79 Å². The molecule has 6 heteroatoms. The largest absolute Gasteiger partial charge is 0.493 e. The molecular formula is C17H23N3O3. The molecule has 1 atom stereocenters. The van der Waals surface area contributed by atoms with Gasteiger partial charge in [-0.05, 0) is 25.0 Å². The fourth-order valence-corrected chi connectivity index (χ4v) is 2.35. The number of carbonyl (C=O) groups is 1. The first-order chi connectivity index (χ1) is 11.1. The minimum atomic E-state index is -0.544. The number of urea groups is 1. The molecule has 0 spiro atoms. The van der Waals surface area contributed by atoms with Crippen molar-refractivity contribution >= 4 is 6.03 Å². The van der Waals surface area contributed by atoms with Gasteiger partial charge in [0.25, 0.3) is 0 Å². The Labute approximate surface area is 137 Å². The van der Waals surface area contributed by atoms with Crippen LogP contribution in [0.15, 0.2) is 18.2 Å². The summed E-state index contributed by atoms with van der Waals surface area (Å²) in [7, 11) is 0. The highest BCUT2D eigenvalue weighted by Gasteiger charge is 2.23. The number of carbonyl (C=O) groups excluding carboxylic acids is 1. The predicted octanol–water partition coefficient (Wildman–Crippen LogP) is 2.22. The van der Waals surface area contributed by atoms with Crippen LogP contribution < -0.4 is 10.1 Å². The molecule has 1 fully saturated rings. The Hall–Kier alpha value is -2.26. The van der Waals surface area contributed by atoms with Gasteiger partial charge in [-0.3, -0.25) is 0 Å². The van der Waals surface area contributed by atoms with E-state index in [2.05, 4.69) is 12.2 Å². The lowest BCUT2D eigenvalue weighted by atomic mass is 10.1. The Bertz CT molecular complexity index is 583. The van der Waals surface area contributed by atoms with Crippen molar-refractivity contribution in [3.8, 4) is 11.8 Å². The molecule has 0 saturated carbocycles. The minimum absolute atomic E-state index is 0.185. The summed E-state index contributed by atoms with van der Waals surface area (Å²) in [6.45, 7) is 6.30. The zero-order valence-electron chi connectivity index (χ0n) is 13.7. The second-order valence-electron chi connectivity index (χ2n) is 5.55. The quantitative estimate of drug-likeness (QED) is 0.903. The van der Waals surface area contributed by atoms with E-state index in [-0.39, 0.29) is 6.03 Å². The van der Waals surface area contributed by atoms with Crippen LogP contribution in [0.25, 0.3) is 0 Å². The van der Waals surface area contributed by atoms with Crippen molar-refractivity contribution in [2.45, 2.75) is 32.9 Å². The molecule has 6 nitrogen and oxygen atoms in total. The third kappa shape index (κ3) is 4.86. The molecule has 2 amide bonds. The normalized spacial score (nSPS) is 17.4. The number of rotatable bonds is 5. The lowest BCUT2D eigenvalue weighted by Crippen LogP contribution is -2.49. The molecule has 0 radical (unpaired) electrons. The first-order valence-corrected chi connectivity index (χ1v) is 7.90. The van der Waals surface area contributed by atoms with E-state index < -0.39 is 6.10 Å². The highest BCUT2D eigenvalue weighted by atomic mass is 16.5. The number of benzene rings is 1. The summed E-state index contributed by atoms with van der Waals surface area (Å²) in [5.41, 5.74) is 2.07. The molecule has 0 aromatic heterocycles. The van der Waals surface area contributed by atoms with Crippen molar-refractivity contribution in [2.24, 2.45) is 0 Å². The van der Waals surface area contributed by atoms with Crippen molar-refractivity contribution in [2.75, 3.05) is 26.3 Å². The summed E-state index contributed by atoms with van der Waals surface area (Å²) in [6, 6.07) is 7.81. The summed E-state index contributed by atoms with van der Waals surface area (Å²) in [4.78, 5) is 13.8. The van der Waals surface area contributed by atoms with Crippen molar-refractivity contribution < 1.29 is 14.3 Å². The van der Waals surface area contributed by atoms with Crippen LogP contribution in [-0.2, 0) is 11.3 Å². The van der Waals surface area contributed by atoms with Crippen LogP contribution in [0.2, 0.25) is 0 Å². The Kier molecular flexibility index (Phi) is 6.24. The van der Waals surface area contributed by atoms with Gasteiger partial charge in [-0.1, -0.05) is 19.1 Å². The molecule has 0 aliphatic carbocycles. The smallest absolute Gasteiger partial charge is 0.317 e. The molecule has 1 aliphatic rings. The maximum atomic E-state index is 12.2. The van der Waals surface area contributed by atoms with Gasteiger partial charge in [0.2, 0.25) is 0 Å². The van der Waals surface area contributed by atoms with Gasteiger partial charge in [0.05, 0.1) is 25.8 Å². The third-order valence-corrected chi connectivity index (χ3v) is 3.61. The van der Waals surface area contributed by atoms with E-state index in [1.54, 1.807) is 4.90 Å². The molecule has 2 rings (SSSR count). The first-order valence-electron chi connectivity index (χ1n) is 7.90. The molecule has 124 valence electrons. The molecule has 1 saturated heterocycles. The van der Waals surface area contributed by atoms with Gasteiger partial charge in [-0.15, -0.1) is 0 Å². The summed E-state index contributed by atoms with van der Waals surface area (Å²) >= 11 is 0. The second kappa shape index (κ2) is 8.39. The number of hydrogen-bond acceptors (Lipinski definition) is 4. The van der Waals surface area contributed by atoms with E-state index in [0.29, 0.717) is 32.8 Å². The van der Waals surface area contributed by atoms with E-state index in [4.69, 9.17) is 14.7 Å². The highest BCUT2D eigenvalue weighted by Crippen LogP contribution is 2.20. The molecular weight excluding hydrogens is 294 g/mol. The second-order valence-corrected chi connectivity index (χ2v) is 5.55. The molecule has 1 N–H and O–H groups in total. The fourth-order valence-electron chi connectivity index (χ4n) is 2.35. The lowest BCUT2D eigenvalue weighted by Gasteiger charge is -2.29. The van der Waals surface area contributed by atoms with Gasteiger partial charge in [-0.2, -0.15) is 5.26 Å². The average Bonchev–Trinajstić information content (AvgIpc) is 2.58. The van der Waals surface area contributed by atoms with Gasteiger partial charge in [0.15, 0.2) is 6.10 Å².